The zero-order valence-corrected chi connectivity index (χ0v) is 16.3. The Morgan fingerprint density at radius 2 is 1.47 bits per heavy atom. The number of benzene rings is 3. The summed E-state index contributed by atoms with van der Waals surface area (Å²) < 4.78 is 0. The van der Waals surface area contributed by atoms with Crippen molar-refractivity contribution in [3.05, 3.63) is 108 Å². The molecule has 0 aliphatic carbocycles. The molecule has 0 aliphatic heterocycles. The lowest BCUT2D eigenvalue weighted by Gasteiger charge is -2.31. The number of nitrogens with one attached hydrogen (secondary N) is 2. The van der Waals surface area contributed by atoms with Gasteiger partial charge in [-0.1, -0.05) is 66.7 Å². The maximum absolute atomic E-state index is 13.0. The van der Waals surface area contributed by atoms with Crippen LogP contribution in [-0.2, 0) is 17.6 Å². The van der Waals surface area contributed by atoms with Gasteiger partial charge in [0.2, 0.25) is 0 Å². The maximum atomic E-state index is 13.0. The normalized spacial score (nSPS) is 12.9. The van der Waals surface area contributed by atoms with Crippen molar-refractivity contribution in [3.8, 4) is 0 Å². The molecular formula is C25H22N2O3. The Morgan fingerprint density at radius 1 is 0.833 bits per heavy atom. The molecule has 0 fully saturated rings. The number of aromatic amines is 1. The van der Waals surface area contributed by atoms with Crippen LogP contribution in [0.15, 0.2) is 91.1 Å². The summed E-state index contributed by atoms with van der Waals surface area (Å²) in [7, 11) is 0. The second kappa shape index (κ2) is 8.25. The van der Waals surface area contributed by atoms with E-state index in [2.05, 4.69) is 10.3 Å². The van der Waals surface area contributed by atoms with Crippen LogP contribution in [0.5, 0.6) is 0 Å². The van der Waals surface area contributed by atoms with Crippen molar-refractivity contribution >= 4 is 22.8 Å². The predicted molar refractivity (Wildman–Crippen MR) is 116 cm³/mol. The van der Waals surface area contributed by atoms with Crippen molar-refractivity contribution < 1.29 is 14.7 Å². The first-order valence-corrected chi connectivity index (χ1v) is 9.77. The molecule has 30 heavy (non-hydrogen) atoms. The fraction of sp³-hybridized carbons (Fsp3) is 0.120. The number of carbonyl (C=O) groups is 2. The van der Waals surface area contributed by atoms with E-state index in [-0.39, 0.29) is 12.8 Å². The number of rotatable bonds is 7. The van der Waals surface area contributed by atoms with Gasteiger partial charge in [-0.3, -0.25) is 4.79 Å². The molecular weight excluding hydrogens is 376 g/mol. The SMILES string of the molecule is O=C(NC(Cc1ccccc1)(Cc1c[nH]c2ccccc12)C(=O)O)c1ccccc1. The molecule has 3 N–H and O–H groups in total. The molecule has 0 bridgehead atoms. The smallest absolute Gasteiger partial charge is 0.330 e. The number of carbonyl (C=O) groups excluding carboxylic acids is 1. The van der Waals surface area contributed by atoms with E-state index < -0.39 is 17.4 Å². The molecule has 1 aromatic heterocycles. The van der Waals surface area contributed by atoms with E-state index in [1.54, 1.807) is 24.3 Å². The number of hydrogen-bond donors (Lipinski definition) is 3. The van der Waals surface area contributed by atoms with Crippen LogP contribution < -0.4 is 5.32 Å². The standard InChI is InChI=1S/C25H22N2O3/c28-23(19-11-5-2-6-12-19)27-25(24(29)30,15-18-9-3-1-4-10-18)16-20-17-26-22-14-8-7-13-21(20)22/h1-14,17,26H,15-16H2,(H,27,28)(H,29,30). The molecule has 0 saturated carbocycles. The van der Waals surface area contributed by atoms with E-state index in [0.29, 0.717) is 5.56 Å². The monoisotopic (exact) mass is 398 g/mol. The highest BCUT2D eigenvalue weighted by molar-refractivity contribution is 5.98. The Bertz CT molecular complexity index is 1170. The van der Waals surface area contributed by atoms with Crippen LogP contribution in [0.2, 0.25) is 0 Å². The van der Waals surface area contributed by atoms with Crippen LogP contribution in [0.25, 0.3) is 10.9 Å². The van der Waals surface area contributed by atoms with Gasteiger partial charge in [0.15, 0.2) is 0 Å². The van der Waals surface area contributed by atoms with Crippen LogP contribution in [0.3, 0.4) is 0 Å². The zero-order valence-electron chi connectivity index (χ0n) is 16.3. The molecule has 0 saturated heterocycles. The Balaban J connectivity index is 1.75. The Kier molecular flexibility index (Phi) is 5.35. The number of aromatic nitrogens is 1. The second-order valence-electron chi connectivity index (χ2n) is 7.41. The number of amides is 1. The maximum Gasteiger partial charge on any atom is 0.330 e. The van der Waals surface area contributed by atoms with Gasteiger partial charge >= 0.3 is 5.97 Å². The van der Waals surface area contributed by atoms with Crippen molar-refractivity contribution in [2.75, 3.05) is 0 Å². The summed E-state index contributed by atoms with van der Waals surface area (Å²) in [6.45, 7) is 0. The van der Waals surface area contributed by atoms with E-state index in [4.69, 9.17) is 0 Å². The average Bonchev–Trinajstić information content (AvgIpc) is 3.17. The lowest BCUT2D eigenvalue weighted by Crippen LogP contribution is -2.57. The lowest BCUT2D eigenvalue weighted by atomic mass is 9.84. The lowest BCUT2D eigenvalue weighted by molar-refractivity contribution is -0.144. The van der Waals surface area contributed by atoms with Crippen molar-refractivity contribution in [1.29, 1.82) is 0 Å². The molecule has 1 amide bonds. The van der Waals surface area contributed by atoms with Gasteiger partial charge < -0.3 is 15.4 Å². The molecule has 3 aromatic carbocycles. The van der Waals surface area contributed by atoms with Crippen LogP contribution in [0.1, 0.15) is 21.5 Å². The first kappa shape index (κ1) is 19.5. The summed E-state index contributed by atoms with van der Waals surface area (Å²) in [6, 6.07) is 25.8. The molecule has 0 aliphatic rings. The molecule has 0 radical (unpaired) electrons. The van der Waals surface area contributed by atoms with Crippen LogP contribution in [-0.4, -0.2) is 27.5 Å². The molecule has 1 atom stereocenters. The first-order valence-electron chi connectivity index (χ1n) is 9.77. The molecule has 4 rings (SSSR count). The van der Waals surface area contributed by atoms with E-state index in [1.165, 1.54) is 0 Å². The highest BCUT2D eigenvalue weighted by Crippen LogP contribution is 2.26. The average molecular weight is 398 g/mol. The van der Waals surface area contributed by atoms with E-state index in [0.717, 1.165) is 22.0 Å². The van der Waals surface area contributed by atoms with Crippen molar-refractivity contribution in [1.82, 2.24) is 10.3 Å². The molecule has 5 heteroatoms. The molecule has 4 aromatic rings. The third kappa shape index (κ3) is 3.96. The fourth-order valence-electron chi connectivity index (χ4n) is 3.78. The van der Waals surface area contributed by atoms with Gasteiger partial charge in [0, 0.05) is 35.5 Å². The minimum absolute atomic E-state index is 0.153. The number of hydrogen-bond acceptors (Lipinski definition) is 2. The summed E-state index contributed by atoms with van der Waals surface area (Å²) in [6.07, 6.45) is 2.14. The van der Waals surface area contributed by atoms with Crippen LogP contribution >= 0.6 is 0 Å². The van der Waals surface area contributed by atoms with Crippen molar-refractivity contribution in [2.24, 2.45) is 0 Å². The van der Waals surface area contributed by atoms with Gasteiger partial charge in [0.05, 0.1) is 0 Å². The van der Waals surface area contributed by atoms with Crippen LogP contribution in [0, 0.1) is 0 Å². The summed E-state index contributed by atoms with van der Waals surface area (Å²) >= 11 is 0. The quantitative estimate of drug-likeness (QED) is 0.436. The summed E-state index contributed by atoms with van der Waals surface area (Å²) in [5.74, 6) is -1.48. The van der Waals surface area contributed by atoms with Crippen molar-refractivity contribution in [3.63, 3.8) is 0 Å². The number of carboxylic acids is 1. The topological polar surface area (TPSA) is 82.2 Å². The molecule has 1 unspecified atom stereocenters. The zero-order chi connectivity index (χ0) is 21.0. The van der Waals surface area contributed by atoms with Crippen molar-refractivity contribution in [2.45, 2.75) is 18.4 Å². The van der Waals surface area contributed by atoms with Gasteiger partial charge in [0.25, 0.3) is 5.91 Å². The summed E-state index contributed by atoms with van der Waals surface area (Å²) in [4.78, 5) is 28.8. The minimum atomic E-state index is -1.50. The predicted octanol–water partition coefficient (Wildman–Crippen LogP) is 4.21. The largest absolute Gasteiger partial charge is 0.479 e. The second-order valence-corrected chi connectivity index (χ2v) is 7.41. The molecule has 5 nitrogen and oxygen atoms in total. The minimum Gasteiger partial charge on any atom is -0.479 e. The number of H-pyrrole nitrogens is 1. The summed E-state index contributed by atoms with van der Waals surface area (Å²) in [5, 5.41) is 14.1. The number of aliphatic carboxylic acids is 1. The third-order valence-electron chi connectivity index (χ3n) is 5.31. The summed E-state index contributed by atoms with van der Waals surface area (Å²) in [5.41, 5.74) is 1.54. The highest BCUT2D eigenvalue weighted by Gasteiger charge is 2.41. The highest BCUT2D eigenvalue weighted by atomic mass is 16.4. The fourth-order valence-corrected chi connectivity index (χ4v) is 3.78. The van der Waals surface area contributed by atoms with Gasteiger partial charge in [-0.05, 0) is 29.3 Å². The third-order valence-corrected chi connectivity index (χ3v) is 5.31. The molecule has 150 valence electrons. The Labute approximate surface area is 174 Å². The first-order chi connectivity index (χ1) is 14.6. The number of carboxylic acid groups (broad SMARTS) is 1. The molecule has 0 spiro atoms. The van der Waals surface area contributed by atoms with E-state index in [1.807, 2.05) is 66.9 Å². The Morgan fingerprint density at radius 3 is 2.17 bits per heavy atom. The van der Waals surface area contributed by atoms with E-state index >= 15 is 0 Å². The van der Waals surface area contributed by atoms with E-state index in [9.17, 15) is 14.7 Å². The Hall–Kier alpha value is -3.86. The van der Waals surface area contributed by atoms with Gasteiger partial charge in [-0.15, -0.1) is 0 Å². The molecule has 1 heterocycles. The number of para-hydroxylation sites is 1. The van der Waals surface area contributed by atoms with Crippen LogP contribution in [0.4, 0.5) is 0 Å². The number of fused-ring (bicyclic) bond motifs is 1. The van der Waals surface area contributed by atoms with Gasteiger partial charge in [0.1, 0.15) is 5.54 Å². The van der Waals surface area contributed by atoms with Gasteiger partial charge in [-0.2, -0.15) is 0 Å². The van der Waals surface area contributed by atoms with Gasteiger partial charge in [-0.25, -0.2) is 4.79 Å².